The van der Waals surface area contributed by atoms with Crippen molar-refractivity contribution in [2.45, 2.75) is 35.8 Å². The van der Waals surface area contributed by atoms with Crippen molar-refractivity contribution in [3.63, 3.8) is 0 Å². The van der Waals surface area contributed by atoms with Crippen LogP contribution in [0.25, 0.3) is 11.0 Å². The van der Waals surface area contributed by atoms with Crippen LogP contribution in [0, 0.1) is 5.82 Å². The normalized spacial score (nSPS) is 16.6. The molecule has 156 valence electrons. The first-order valence-corrected chi connectivity index (χ1v) is 12.2. The van der Waals surface area contributed by atoms with E-state index in [1.54, 1.807) is 23.6 Å². The molecule has 6 nitrogen and oxygen atoms in total. The standard InChI is InChI=1S/C20H24FN3O3S2/c21-16-5-6-17-18(14-16)27-23-20(17)15-7-11-24(12-8-15)10-2-1-9-22-29(25,26)19-4-3-13-28-19/h3-6,13-15,22H,1-2,7-12H2. The summed E-state index contributed by atoms with van der Waals surface area (Å²) in [6.45, 7) is 3.36. The average molecular weight is 438 g/mol. The molecule has 1 saturated heterocycles. The minimum atomic E-state index is -3.36. The van der Waals surface area contributed by atoms with Crippen molar-refractivity contribution in [1.82, 2.24) is 14.8 Å². The summed E-state index contributed by atoms with van der Waals surface area (Å²) < 4.78 is 45.8. The first kappa shape index (κ1) is 20.5. The highest BCUT2D eigenvalue weighted by Crippen LogP contribution is 2.32. The van der Waals surface area contributed by atoms with E-state index in [1.807, 2.05) is 0 Å². The van der Waals surface area contributed by atoms with Crippen molar-refractivity contribution in [3.8, 4) is 0 Å². The van der Waals surface area contributed by atoms with Crippen LogP contribution in [-0.4, -0.2) is 44.7 Å². The zero-order chi connectivity index (χ0) is 20.3. The minimum Gasteiger partial charge on any atom is -0.356 e. The van der Waals surface area contributed by atoms with E-state index >= 15 is 0 Å². The van der Waals surface area contributed by atoms with Crippen molar-refractivity contribution < 1.29 is 17.3 Å². The molecule has 1 aliphatic rings. The number of fused-ring (bicyclic) bond motifs is 1. The van der Waals surface area contributed by atoms with Gasteiger partial charge in [0.1, 0.15) is 10.0 Å². The molecule has 0 bridgehead atoms. The van der Waals surface area contributed by atoms with E-state index in [-0.39, 0.29) is 5.82 Å². The van der Waals surface area contributed by atoms with Crippen molar-refractivity contribution in [1.29, 1.82) is 0 Å². The molecule has 9 heteroatoms. The molecule has 1 aromatic carbocycles. The van der Waals surface area contributed by atoms with Crippen LogP contribution in [0.1, 0.15) is 37.3 Å². The van der Waals surface area contributed by atoms with Gasteiger partial charge in [-0.15, -0.1) is 11.3 Å². The van der Waals surface area contributed by atoms with Crippen LogP contribution in [0.4, 0.5) is 4.39 Å². The molecule has 0 saturated carbocycles. The number of unbranched alkanes of at least 4 members (excludes halogenated alkanes) is 1. The van der Waals surface area contributed by atoms with Gasteiger partial charge in [0.25, 0.3) is 0 Å². The highest BCUT2D eigenvalue weighted by molar-refractivity contribution is 7.91. The number of likely N-dealkylation sites (tertiary alicyclic amines) is 1. The summed E-state index contributed by atoms with van der Waals surface area (Å²) in [6.07, 6.45) is 3.74. The van der Waals surface area contributed by atoms with Crippen molar-refractivity contribution in [3.05, 3.63) is 47.2 Å². The number of halogens is 1. The van der Waals surface area contributed by atoms with Crippen LogP contribution in [-0.2, 0) is 10.0 Å². The number of piperidine rings is 1. The summed E-state index contributed by atoms with van der Waals surface area (Å²) in [5.41, 5.74) is 1.44. The maximum Gasteiger partial charge on any atom is 0.250 e. The third-order valence-corrected chi connectivity index (χ3v) is 8.25. The smallest absolute Gasteiger partial charge is 0.250 e. The lowest BCUT2D eigenvalue weighted by molar-refractivity contribution is 0.206. The predicted octanol–water partition coefficient (Wildman–Crippen LogP) is 3.97. The summed E-state index contributed by atoms with van der Waals surface area (Å²) in [4.78, 5) is 2.41. The molecule has 0 amide bonds. The first-order chi connectivity index (χ1) is 14.0. The number of hydrogen-bond donors (Lipinski definition) is 1. The van der Waals surface area contributed by atoms with Gasteiger partial charge in [-0.3, -0.25) is 0 Å². The zero-order valence-electron chi connectivity index (χ0n) is 16.0. The molecule has 1 fully saturated rings. The number of sulfonamides is 1. The first-order valence-electron chi connectivity index (χ1n) is 9.83. The van der Waals surface area contributed by atoms with Gasteiger partial charge in [0.2, 0.25) is 10.0 Å². The van der Waals surface area contributed by atoms with Gasteiger partial charge in [-0.2, -0.15) is 0 Å². The van der Waals surface area contributed by atoms with E-state index in [0.717, 1.165) is 56.4 Å². The van der Waals surface area contributed by atoms with Crippen LogP contribution in [0.5, 0.6) is 0 Å². The number of aromatic nitrogens is 1. The summed E-state index contributed by atoms with van der Waals surface area (Å²) in [6, 6.07) is 7.94. The van der Waals surface area contributed by atoms with Crippen LogP contribution in [0.2, 0.25) is 0 Å². The highest BCUT2D eigenvalue weighted by atomic mass is 32.2. The molecule has 0 unspecified atom stereocenters. The summed E-state index contributed by atoms with van der Waals surface area (Å²) in [5, 5.41) is 6.86. The number of benzene rings is 1. The number of hydrogen-bond acceptors (Lipinski definition) is 6. The van der Waals surface area contributed by atoms with E-state index < -0.39 is 10.0 Å². The second-order valence-corrected chi connectivity index (χ2v) is 10.3. The fourth-order valence-corrected chi connectivity index (χ4v) is 5.92. The van der Waals surface area contributed by atoms with Crippen molar-refractivity contribution >= 4 is 32.3 Å². The van der Waals surface area contributed by atoms with Crippen LogP contribution >= 0.6 is 11.3 Å². The van der Waals surface area contributed by atoms with Gasteiger partial charge < -0.3 is 9.42 Å². The van der Waals surface area contributed by atoms with Gasteiger partial charge in [0.15, 0.2) is 5.58 Å². The maximum absolute atomic E-state index is 13.3. The Bertz CT molecular complexity index is 1040. The molecule has 0 atom stereocenters. The molecule has 4 rings (SSSR count). The van der Waals surface area contributed by atoms with Crippen molar-refractivity contribution in [2.24, 2.45) is 0 Å². The van der Waals surface area contributed by atoms with E-state index in [4.69, 9.17) is 4.52 Å². The molecule has 1 aliphatic heterocycles. The Kier molecular flexibility index (Phi) is 6.29. The number of nitrogens with zero attached hydrogens (tertiary/aromatic N) is 2. The lowest BCUT2D eigenvalue weighted by Crippen LogP contribution is -2.34. The third-order valence-electron chi connectivity index (χ3n) is 5.39. The monoisotopic (exact) mass is 437 g/mol. The second-order valence-electron chi connectivity index (χ2n) is 7.36. The summed E-state index contributed by atoms with van der Waals surface area (Å²) >= 11 is 1.23. The van der Waals surface area contributed by atoms with E-state index in [2.05, 4.69) is 14.8 Å². The van der Waals surface area contributed by atoms with Gasteiger partial charge in [0.05, 0.1) is 5.69 Å². The predicted molar refractivity (Wildman–Crippen MR) is 111 cm³/mol. The van der Waals surface area contributed by atoms with Gasteiger partial charge in [-0.1, -0.05) is 11.2 Å². The van der Waals surface area contributed by atoms with Gasteiger partial charge in [-0.05, 0) is 68.9 Å². The Morgan fingerprint density at radius 1 is 1.24 bits per heavy atom. The van der Waals surface area contributed by atoms with Crippen LogP contribution < -0.4 is 4.72 Å². The molecule has 0 aliphatic carbocycles. The molecule has 2 aromatic heterocycles. The average Bonchev–Trinajstić information content (AvgIpc) is 3.38. The summed E-state index contributed by atoms with van der Waals surface area (Å²) in [5.74, 6) is 0.0169. The van der Waals surface area contributed by atoms with Gasteiger partial charge in [-0.25, -0.2) is 17.5 Å². The van der Waals surface area contributed by atoms with Gasteiger partial charge in [0, 0.05) is 23.9 Å². The molecule has 1 N–H and O–H groups in total. The molecule has 29 heavy (non-hydrogen) atoms. The highest BCUT2D eigenvalue weighted by Gasteiger charge is 2.25. The molecule has 0 radical (unpaired) electrons. The quantitative estimate of drug-likeness (QED) is 0.540. The molecular formula is C20H24FN3O3S2. The van der Waals surface area contributed by atoms with Crippen molar-refractivity contribution in [2.75, 3.05) is 26.2 Å². The lowest BCUT2D eigenvalue weighted by Gasteiger charge is -2.31. The Labute approximate surface area is 173 Å². The van der Waals surface area contributed by atoms with Crippen LogP contribution in [0.15, 0.2) is 44.4 Å². The topological polar surface area (TPSA) is 75.4 Å². The Morgan fingerprint density at radius 2 is 2.07 bits per heavy atom. The number of rotatable bonds is 8. The minimum absolute atomic E-state index is 0.312. The van der Waals surface area contributed by atoms with E-state index in [0.29, 0.717) is 22.3 Å². The lowest BCUT2D eigenvalue weighted by atomic mass is 9.91. The fourth-order valence-electron chi connectivity index (χ4n) is 3.81. The van der Waals surface area contributed by atoms with E-state index in [9.17, 15) is 12.8 Å². The molecule has 0 spiro atoms. The van der Waals surface area contributed by atoms with Gasteiger partial charge >= 0.3 is 0 Å². The third kappa shape index (κ3) is 4.85. The Balaban J connectivity index is 1.19. The fraction of sp³-hybridized carbons (Fsp3) is 0.450. The number of thiophene rings is 1. The molecule has 3 heterocycles. The Morgan fingerprint density at radius 3 is 2.83 bits per heavy atom. The SMILES string of the molecule is O=S(=O)(NCCCCN1CCC(c2noc3cc(F)ccc23)CC1)c1cccs1. The second kappa shape index (κ2) is 8.91. The summed E-state index contributed by atoms with van der Waals surface area (Å²) in [7, 11) is -3.36. The Hall–Kier alpha value is -1.81. The maximum atomic E-state index is 13.3. The number of nitrogens with one attached hydrogen (secondary N) is 1. The van der Waals surface area contributed by atoms with E-state index in [1.165, 1.54) is 23.5 Å². The molecule has 3 aromatic rings. The van der Waals surface area contributed by atoms with Crippen LogP contribution in [0.3, 0.4) is 0 Å². The largest absolute Gasteiger partial charge is 0.356 e. The molecular weight excluding hydrogens is 413 g/mol. The zero-order valence-corrected chi connectivity index (χ0v) is 17.6.